The Balaban J connectivity index is 1.68. The summed E-state index contributed by atoms with van der Waals surface area (Å²) in [5.74, 6) is 1.19. The van der Waals surface area contributed by atoms with Crippen molar-refractivity contribution in [1.29, 1.82) is 0 Å². The Morgan fingerprint density at radius 1 is 1.33 bits per heavy atom. The van der Waals surface area contributed by atoms with Crippen molar-refractivity contribution in [3.8, 4) is 0 Å². The van der Waals surface area contributed by atoms with Gasteiger partial charge < -0.3 is 4.74 Å². The third-order valence-electron chi connectivity index (χ3n) is 5.28. The minimum absolute atomic E-state index is 0.00551. The van der Waals surface area contributed by atoms with Crippen molar-refractivity contribution in [2.45, 2.75) is 70.3 Å². The van der Waals surface area contributed by atoms with Gasteiger partial charge in [-0.3, -0.25) is 0 Å². The van der Waals surface area contributed by atoms with E-state index in [1.54, 1.807) is 0 Å². The molecular formula is C16H24O2. The smallest absolute Gasteiger partial charge is 0.334 e. The van der Waals surface area contributed by atoms with Crippen molar-refractivity contribution in [2.24, 2.45) is 11.8 Å². The number of allylic oxidation sites excluding steroid dienone is 1. The van der Waals surface area contributed by atoms with Gasteiger partial charge in [0, 0.05) is 5.57 Å². The SMILES string of the molecule is CCC1(OC(=O)C2=CC3CCC2C3)CCCCC1. The summed E-state index contributed by atoms with van der Waals surface area (Å²) in [7, 11) is 0. The van der Waals surface area contributed by atoms with Crippen LogP contribution in [-0.4, -0.2) is 11.6 Å². The maximum atomic E-state index is 12.4. The van der Waals surface area contributed by atoms with Gasteiger partial charge in [0.2, 0.25) is 0 Å². The number of esters is 1. The van der Waals surface area contributed by atoms with E-state index < -0.39 is 0 Å². The zero-order chi connectivity index (χ0) is 12.6. The number of carbonyl (C=O) groups excluding carboxylic acids is 1. The molecule has 2 fully saturated rings. The molecule has 0 aromatic carbocycles. The summed E-state index contributed by atoms with van der Waals surface area (Å²) >= 11 is 0. The van der Waals surface area contributed by atoms with Gasteiger partial charge in [-0.25, -0.2) is 4.79 Å². The second-order valence-electron chi connectivity index (χ2n) is 6.38. The predicted octanol–water partition coefficient (Wildman–Crippen LogP) is 4.00. The van der Waals surface area contributed by atoms with Crippen LogP contribution in [0.25, 0.3) is 0 Å². The van der Waals surface area contributed by atoms with Crippen LogP contribution in [0.4, 0.5) is 0 Å². The van der Waals surface area contributed by atoms with E-state index in [2.05, 4.69) is 13.0 Å². The molecule has 2 saturated carbocycles. The van der Waals surface area contributed by atoms with Gasteiger partial charge >= 0.3 is 5.97 Å². The van der Waals surface area contributed by atoms with E-state index in [4.69, 9.17) is 4.74 Å². The fourth-order valence-electron chi connectivity index (χ4n) is 4.05. The fourth-order valence-corrected chi connectivity index (χ4v) is 4.05. The van der Waals surface area contributed by atoms with Gasteiger partial charge in [-0.2, -0.15) is 0 Å². The highest BCUT2D eigenvalue weighted by molar-refractivity contribution is 5.90. The van der Waals surface area contributed by atoms with Gasteiger partial charge in [-0.1, -0.05) is 19.4 Å². The highest BCUT2D eigenvalue weighted by Crippen LogP contribution is 2.45. The molecule has 2 nitrogen and oxygen atoms in total. The highest BCUT2D eigenvalue weighted by atomic mass is 16.6. The molecule has 0 aromatic rings. The maximum absolute atomic E-state index is 12.4. The molecule has 3 aliphatic rings. The molecule has 0 saturated heterocycles. The molecule has 0 N–H and O–H groups in total. The van der Waals surface area contributed by atoms with Gasteiger partial charge in [0.15, 0.2) is 0 Å². The Morgan fingerprint density at radius 3 is 2.67 bits per heavy atom. The number of carbonyl (C=O) groups is 1. The summed E-state index contributed by atoms with van der Waals surface area (Å²) in [5.41, 5.74) is 0.863. The van der Waals surface area contributed by atoms with E-state index in [1.807, 2.05) is 0 Å². The first-order valence-corrected chi connectivity index (χ1v) is 7.67. The van der Waals surface area contributed by atoms with E-state index in [-0.39, 0.29) is 11.6 Å². The number of fused-ring (bicyclic) bond motifs is 2. The standard InChI is InChI=1S/C16H24O2/c1-2-16(8-4-3-5-9-16)18-15(17)14-11-12-6-7-13(14)10-12/h11-13H,2-10H2,1H3. The molecule has 0 amide bonds. The van der Waals surface area contributed by atoms with Crippen molar-refractivity contribution < 1.29 is 9.53 Å². The van der Waals surface area contributed by atoms with Gasteiger partial charge in [-0.15, -0.1) is 0 Å². The molecular weight excluding hydrogens is 224 g/mol. The van der Waals surface area contributed by atoms with Crippen LogP contribution in [0.5, 0.6) is 0 Å². The zero-order valence-corrected chi connectivity index (χ0v) is 11.4. The Hall–Kier alpha value is -0.790. The normalized spacial score (nSPS) is 33.3. The molecule has 3 aliphatic carbocycles. The van der Waals surface area contributed by atoms with Crippen molar-refractivity contribution in [3.63, 3.8) is 0 Å². The molecule has 0 spiro atoms. The molecule has 2 heteroatoms. The van der Waals surface area contributed by atoms with Gasteiger partial charge in [0.25, 0.3) is 0 Å². The third kappa shape index (κ3) is 2.10. The second-order valence-corrected chi connectivity index (χ2v) is 6.38. The van der Waals surface area contributed by atoms with E-state index in [0.29, 0.717) is 11.8 Å². The van der Waals surface area contributed by atoms with Gasteiger partial charge in [0.1, 0.15) is 5.60 Å². The fraction of sp³-hybridized carbons (Fsp3) is 0.812. The topological polar surface area (TPSA) is 26.3 Å². The zero-order valence-electron chi connectivity index (χ0n) is 11.4. The largest absolute Gasteiger partial charge is 0.456 e. The molecule has 0 aliphatic heterocycles. The summed E-state index contributed by atoms with van der Waals surface area (Å²) in [5, 5.41) is 0. The van der Waals surface area contributed by atoms with Crippen LogP contribution in [-0.2, 0) is 9.53 Å². The summed E-state index contributed by atoms with van der Waals surface area (Å²) in [6.07, 6.45) is 12.7. The average Bonchev–Trinajstić information content (AvgIpc) is 3.02. The molecule has 2 bridgehead atoms. The van der Waals surface area contributed by atoms with E-state index in [9.17, 15) is 4.79 Å². The number of ether oxygens (including phenoxy) is 1. The van der Waals surface area contributed by atoms with Gasteiger partial charge in [-0.05, 0) is 63.2 Å². The minimum atomic E-state index is -0.141. The average molecular weight is 248 g/mol. The predicted molar refractivity (Wildman–Crippen MR) is 71.1 cm³/mol. The van der Waals surface area contributed by atoms with Crippen molar-refractivity contribution in [2.75, 3.05) is 0 Å². The first kappa shape index (κ1) is 12.3. The number of hydrogen-bond donors (Lipinski definition) is 0. The summed E-state index contributed by atoms with van der Waals surface area (Å²) < 4.78 is 5.96. The summed E-state index contributed by atoms with van der Waals surface area (Å²) in [4.78, 5) is 12.4. The molecule has 3 rings (SSSR count). The first-order chi connectivity index (χ1) is 8.72. The van der Waals surface area contributed by atoms with Crippen LogP contribution in [0.2, 0.25) is 0 Å². The van der Waals surface area contributed by atoms with E-state index in [1.165, 1.54) is 38.5 Å². The van der Waals surface area contributed by atoms with Crippen molar-refractivity contribution in [1.82, 2.24) is 0 Å². The third-order valence-corrected chi connectivity index (χ3v) is 5.28. The molecule has 2 unspecified atom stereocenters. The van der Waals surface area contributed by atoms with E-state index in [0.717, 1.165) is 24.8 Å². The van der Waals surface area contributed by atoms with Crippen LogP contribution < -0.4 is 0 Å². The van der Waals surface area contributed by atoms with Crippen LogP contribution in [0.15, 0.2) is 11.6 Å². The Labute approximate surface area is 110 Å². The second kappa shape index (κ2) is 4.71. The lowest BCUT2D eigenvalue weighted by molar-refractivity contribution is -0.159. The lowest BCUT2D eigenvalue weighted by Gasteiger charge is -2.36. The highest BCUT2D eigenvalue weighted by Gasteiger charge is 2.40. The summed E-state index contributed by atoms with van der Waals surface area (Å²) in [6, 6.07) is 0. The minimum Gasteiger partial charge on any atom is -0.456 e. The van der Waals surface area contributed by atoms with Crippen LogP contribution in [0, 0.1) is 11.8 Å². The molecule has 0 aromatic heterocycles. The quantitative estimate of drug-likeness (QED) is 0.706. The Morgan fingerprint density at radius 2 is 2.11 bits per heavy atom. The van der Waals surface area contributed by atoms with Crippen LogP contribution >= 0.6 is 0 Å². The molecule has 2 atom stereocenters. The van der Waals surface area contributed by atoms with Crippen molar-refractivity contribution in [3.05, 3.63) is 11.6 Å². The lowest BCUT2D eigenvalue weighted by Crippen LogP contribution is -2.37. The monoisotopic (exact) mass is 248 g/mol. The Bertz CT molecular complexity index is 363. The molecule has 0 radical (unpaired) electrons. The molecule has 100 valence electrons. The number of rotatable bonds is 3. The molecule has 18 heavy (non-hydrogen) atoms. The first-order valence-electron chi connectivity index (χ1n) is 7.67. The maximum Gasteiger partial charge on any atom is 0.334 e. The molecule has 0 heterocycles. The van der Waals surface area contributed by atoms with Gasteiger partial charge in [0.05, 0.1) is 0 Å². The van der Waals surface area contributed by atoms with E-state index >= 15 is 0 Å². The van der Waals surface area contributed by atoms with Crippen molar-refractivity contribution >= 4 is 5.97 Å². The van der Waals surface area contributed by atoms with Crippen LogP contribution in [0.1, 0.15) is 64.7 Å². The number of hydrogen-bond acceptors (Lipinski definition) is 2. The Kier molecular flexibility index (Phi) is 3.21. The van der Waals surface area contributed by atoms with Crippen LogP contribution in [0.3, 0.4) is 0 Å². The summed E-state index contributed by atoms with van der Waals surface area (Å²) in [6.45, 7) is 2.16. The lowest BCUT2D eigenvalue weighted by atomic mass is 9.82.